The molecule has 16 nitrogen and oxygen atoms in total. The molecule has 1 aromatic carbocycles. The maximum absolute atomic E-state index is 13.8. The smallest absolute Gasteiger partial charge is 0.348 e. The van der Waals surface area contributed by atoms with E-state index in [0.29, 0.717) is 0 Å². The van der Waals surface area contributed by atoms with Crippen LogP contribution in [0.3, 0.4) is 0 Å². The van der Waals surface area contributed by atoms with Crippen LogP contribution in [0.2, 0.25) is 0 Å². The number of hydrogen-bond acceptors (Lipinski definition) is 16. The lowest BCUT2D eigenvalue weighted by atomic mass is 9.38. The van der Waals surface area contributed by atoms with Gasteiger partial charge in [0.25, 0.3) is 0 Å². The number of methoxy groups -OCH3 is 1. The average molecular weight is 705 g/mol. The Labute approximate surface area is 285 Å². The highest BCUT2D eigenvalue weighted by Crippen LogP contribution is 2.72. The molecular formula is C34H40O16. The number of carbonyl (C=O) groups is 4. The van der Waals surface area contributed by atoms with E-state index in [4.69, 9.17) is 28.4 Å². The van der Waals surface area contributed by atoms with E-state index in [-0.39, 0.29) is 24.4 Å². The summed E-state index contributed by atoms with van der Waals surface area (Å²) in [6, 6.07) is 7.80. The topological polar surface area (TPSA) is 245 Å². The number of aliphatic hydroxyl groups excluding tert-OH is 6. The minimum Gasteiger partial charge on any atom is -0.467 e. The molecule has 3 aliphatic heterocycles. The van der Waals surface area contributed by atoms with Crippen LogP contribution in [0.15, 0.2) is 42.2 Å². The van der Waals surface area contributed by atoms with E-state index >= 15 is 0 Å². The van der Waals surface area contributed by atoms with Gasteiger partial charge in [0.05, 0.1) is 37.9 Å². The number of hydrogen-bond donors (Lipinski definition) is 6. The van der Waals surface area contributed by atoms with E-state index in [1.165, 1.54) is 18.2 Å². The minimum absolute atomic E-state index is 0.0365. The molecule has 0 aromatic heterocycles. The van der Waals surface area contributed by atoms with Crippen LogP contribution in [0, 0.1) is 34.5 Å². The summed E-state index contributed by atoms with van der Waals surface area (Å²) in [5, 5.41) is 64.9. The summed E-state index contributed by atoms with van der Waals surface area (Å²) >= 11 is 0. The largest absolute Gasteiger partial charge is 0.467 e. The Bertz CT molecular complexity index is 1600. The van der Waals surface area contributed by atoms with Crippen molar-refractivity contribution in [1.82, 2.24) is 0 Å². The van der Waals surface area contributed by atoms with Gasteiger partial charge in [0.2, 0.25) is 18.0 Å². The standard InChI is InChI=1S/C34H40O16/c1-13-15-9-18-33-12-46-34(31(44)45-3,26(33)24(29(43)49-18)50-28(42)14-7-5-4-6-8-14)27(41)23(40)25(33)32(15,2)10-16(19(13)36)47-30-22(39)21(38)20(37)17(11-35)48-30/h4-8,10,13,15,17-18,20-27,30,35,37-41H,9,11-12H2,1-3H3/t13?,15-,17+,18+,20+,21-,22+,23+,24+,25+,26+,27-,30+,32-,33+,34?/m0/s1. The molecule has 50 heavy (non-hydrogen) atoms. The number of Topliss-reactive ketones (excluding diaryl/α,β-unsaturated/α-hetero) is 1. The number of allylic oxidation sites excluding steroid dienone is 2. The Morgan fingerprint density at radius 1 is 0.980 bits per heavy atom. The maximum Gasteiger partial charge on any atom is 0.348 e. The second-order valence-corrected chi connectivity index (χ2v) is 14.4. The highest BCUT2D eigenvalue weighted by molar-refractivity contribution is 5.97. The molecule has 7 rings (SSSR count). The third kappa shape index (κ3) is 4.52. The predicted molar refractivity (Wildman–Crippen MR) is 161 cm³/mol. The van der Waals surface area contributed by atoms with Crippen molar-refractivity contribution in [2.45, 2.75) is 81.0 Å². The molecule has 3 saturated heterocycles. The second kappa shape index (κ2) is 12.1. The van der Waals surface area contributed by atoms with Gasteiger partial charge in [-0.25, -0.2) is 14.4 Å². The molecule has 3 aliphatic carbocycles. The van der Waals surface area contributed by atoms with E-state index in [9.17, 15) is 49.8 Å². The number of ether oxygens (including phenoxy) is 6. The lowest BCUT2D eigenvalue weighted by Crippen LogP contribution is -2.79. The van der Waals surface area contributed by atoms with Gasteiger partial charge in [-0.1, -0.05) is 32.0 Å². The third-order valence-corrected chi connectivity index (χ3v) is 12.2. The van der Waals surface area contributed by atoms with Crippen molar-refractivity contribution in [3.8, 4) is 0 Å². The molecule has 2 unspecified atom stereocenters. The highest BCUT2D eigenvalue weighted by atomic mass is 16.7. The summed E-state index contributed by atoms with van der Waals surface area (Å²) in [4.78, 5) is 54.7. The highest BCUT2D eigenvalue weighted by Gasteiger charge is 2.85. The molecule has 6 aliphatic rings. The number of aliphatic hydroxyl groups is 6. The van der Waals surface area contributed by atoms with Gasteiger partial charge in [-0.3, -0.25) is 4.79 Å². The van der Waals surface area contributed by atoms with E-state index in [1.807, 2.05) is 0 Å². The molecule has 3 heterocycles. The number of ketones is 1. The zero-order valence-corrected chi connectivity index (χ0v) is 27.4. The first-order chi connectivity index (χ1) is 23.7. The normalized spacial score (nSPS) is 47.6. The molecular weight excluding hydrogens is 664 g/mol. The molecule has 16 atom stereocenters. The Morgan fingerprint density at radius 2 is 1.68 bits per heavy atom. The molecule has 1 aromatic rings. The van der Waals surface area contributed by atoms with E-state index in [2.05, 4.69) is 0 Å². The van der Waals surface area contributed by atoms with Gasteiger partial charge in [-0.05, 0) is 36.0 Å². The van der Waals surface area contributed by atoms with Crippen LogP contribution in [0.4, 0.5) is 0 Å². The Balaban J connectivity index is 1.34. The zero-order chi connectivity index (χ0) is 36.1. The monoisotopic (exact) mass is 704 g/mol. The molecule has 0 radical (unpaired) electrons. The summed E-state index contributed by atoms with van der Waals surface area (Å²) in [6.07, 6.45) is -13.5. The van der Waals surface area contributed by atoms with Crippen molar-refractivity contribution < 1.29 is 78.2 Å². The maximum atomic E-state index is 13.8. The summed E-state index contributed by atoms with van der Waals surface area (Å²) in [6.45, 7) is 2.24. The van der Waals surface area contributed by atoms with Gasteiger partial charge >= 0.3 is 17.9 Å². The van der Waals surface area contributed by atoms with Gasteiger partial charge in [0.1, 0.15) is 36.6 Å². The van der Waals surface area contributed by atoms with Crippen molar-refractivity contribution in [3.05, 3.63) is 47.7 Å². The van der Waals surface area contributed by atoms with Crippen molar-refractivity contribution in [2.75, 3.05) is 20.3 Å². The number of rotatable bonds is 6. The summed E-state index contributed by atoms with van der Waals surface area (Å²) in [7, 11) is 1.05. The van der Waals surface area contributed by atoms with E-state index in [1.54, 1.807) is 32.0 Å². The minimum atomic E-state index is -2.36. The molecule has 6 N–H and O–H groups in total. The predicted octanol–water partition coefficient (Wildman–Crippen LogP) is -2.02. The molecule has 1 spiro atoms. The third-order valence-electron chi connectivity index (χ3n) is 12.2. The lowest BCUT2D eigenvalue weighted by molar-refractivity contribution is -0.295. The first-order valence-electron chi connectivity index (χ1n) is 16.5. The Kier molecular flexibility index (Phi) is 8.42. The fourth-order valence-corrected chi connectivity index (χ4v) is 9.93. The lowest BCUT2D eigenvalue weighted by Gasteiger charge is -2.67. The number of carbonyl (C=O) groups excluding carboxylic acids is 4. The van der Waals surface area contributed by atoms with Crippen molar-refractivity contribution in [1.29, 1.82) is 0 Å². The van der Waals surface area contributed by atoms with Crippen LogP contribution in [-0.4, -0.2) is 135 Å². The first-order valence-corrected chi connectivity index (χ1v) is 16.5. The van der Waals surface area contributed by atoms with Gasteiger partial charge in [-0.2, -0.15) is 0 Å². The van der Waals surface area contributed by atoms with Gasteiger partial charge in [-0.15, -0.1) is 0 Å². The molecule has 2 bridgehead atoms. The SMILES string of the molecule is COC(=O)C12OC[C@]34[C@H]([C@@H](O)[C@@H]1O)[C@@]1(C)C=C(O[C@@H]5O[C@H](CO)[C@@H](O)[C@H](O)[C@H]5O)C(=O)C(C)[C@@H]1C[C@H]3OC(=O)[C@H](OC(=O)c1ccccc1)[C@@H]24. The quantitative estimate of drug-likeness (QED) is 0.138. The molecule has 5 fully saturated rings. The Hall–Kier alpha value is -3.48. The summed E-state index contributed by atoms with van der Waals surface area (Å²) < 4.78 is 34.4. The van der Waals surface area contributed by atoms with Crippen LogP contribution >= 0.6 is 0 Å². The molecule has 2 saturated carbocycles. The average Bonchev–Trinajstić information content (AvgIpc) is 3.41. The summed E-state index contributed by atoms with van der Waals surface area (Å²) in [5.41, 5.74) is -5.04. The van der Waals surface area contributed by atoms with Crippen LogP contribution in [-0.2, 0) is 42.8 Å². The first kappa shape index (κ1) is 34.9. The fraction of sp³-hybridized carbons (Fsp3) is 0.647. The molecule has 0 amide bonds. The summed E-state index contributed by atoms with van der Waals surface area (Å²) in [5.74, 6) is -7.95. The van der Waals surface area contributed by atoms with Crippen LogP contribution in [0.1, 0.15) is 30.6 Å². The number of benzene rings is 1. The second-order valence-electron chi connectivity index (χ2n) is 14.4. The van der Waals surface area contributed by atoms with E-state index in [0.717, 1.165) is 7.11 Å². The van der Waals surface area contributed by atoms with Gasteiger partial charge in [0.15, 0.2) is 11.5 Å². The Morgan fingerprint density at radius 3 is 2.34 bits per heavy atom. The van der Waals surface area contributed by atoms with Gasteiger partial charge < -0.3 is 59.1 Å². The number of esters is 3. The van der Waals surface area contributed by atoms with Gasteiger partial charge in [0, 0.05) is 17.3 Å². The van der Waals surface area contributed by atoms with Crippen molar-refractivity contribution in [2.24, 2.45) is 34.5 Å². The van der Waals surface area contributed by atoms with Crippen molar-refractivity contribution in [3.63, 3.8) is 0 Å². The fourth-order valence-electron chi connectivity index (χ4n) is 9.93. The van der Waals surface area contributed by atoms with E-state index < -0.39 is 126 Å². The molecule has 272 valence electrons. The van der Waals surface area contributed by atoms with Crippen LogP contribution < -0.4 is 0 Å². The number of fused-ring (bicyclic) bond motifs is 2. The van der Waals surface area contributed by atoms with Crippen LogP contribution in [0.25, 0.3) is 0 Å². The zero-order valence-electron chi connectivity index (χ0n) is 27.4. The van der Waals surface area contributed by atoms with Crippen molar-refractivity contribution >= 4 is 23.7 Å². The molecule has 16 heteroatoms. The van der Waals surface area contributed by atoms with Crippen LogP contribution in [0.5, 0.6) is 0 Å².